The van der Waals surface area contributed by atoms with Crippen molar-refractivity contribution in [2.24, 2.45) is 0 Å². The zero-order valence-electron chi connectivity index (χ0n) is 8.14. The van der Waals surface area contributed by atoms with E-state index in [1.807, 2.05) is 0 Å². The lowest BCUT2D eigenvalue weighted by atomic mass is 10.5. The summed E-state index contributed by atoms with van der Waals surface area (Å²) in [5.74, 6) is 0. The fourth-order valence-electron chi connectivity index (χ4n) is 0.462. The lowest BCUT2D eigenvalue weighted by Gasteiger charge is -2.01. The number of hydrogen-bond acceptors (Lipinski definition) is 3. The van der Waals surface area contributed by atoms with Crippen molar-refractivity contribution in [3.05, 3.63) is 25.4 Å². The lowest BCUT2D eigenvalue weighted by molar-refractivity contribution is -0.0510. The number of pyridine rings is 1. The Kier molecular flexibility index (Phi) is 6.95. The first kappa shape index (κ1) is 19.3. The molecular formula is C6HCl5F3NO3S. The maximum absolute atomic E-state index is 10.7. The van der Waals surface area contributed by atoms with E-state index in [2.05, 4.69) is 4.98 Å². The van der Waals surface area contributed by atoms with Crippen LogP contribution >= 0.6 is 58.0 Å². The van der Waals surface area contributed by atoms with E-state index >= 15 is 0 Å². The van der Waals surface area contributed by atoms with Crippen LogP contribution in [0.1, 0.15) is 0 Å². The molecule has 0 amide bonds. The van der Waals surface area contributed by atoms with Crippen LogP contribution in [-0.2, 0) is 10.1 Å². The average molecular weight is 401 g/mol. The molecule has 0 aliphatic carbocycles. The molecule has 0 saturated carbocycles. The zero-order valence-corrected chi connectivity index (χ0v) is 12.7. The monoisotopic (exact) mass is 399 g/mol. The second kappa shape index (κ2) is 6.84. The molecule has 0 bridgehead atoms. The van der Waals surface area contributed by atoms with Crippen LogP contribution in [0.5, 0.6) is 0 Å². The number of halogens is 8. The molecule has 0 spiro atoms. The smallest absolute Gasteiger partial charge is 0.279 e. The van der Waals surface area contributed by atoms with Crippen LogP contribution in [0.2, 0.25) is 25.4 Å². The van der Waals surface area contributed by atoms with Gasteiger partial charge in [0, 0.05) is 0 Å². The van der Waals surface area contributed by atoms with Gasteiger partial charge < -0.3 is 0 Å². The highest BCUT2D eigenvalue weighted by Crippen LogP contribution is 2.37. The van der Waals surface area contributed by atoms with Crippen molar-refractivity contribution in [3.63, 3.8) is 0 Å². The van der Waals surface area contributed by atoms with Crippen LogP contribution in [0, 0.1) is 0 Å². The third kappa shape index (κ3) is 5.66. The van der Waals surface area contributed by atoms with Crippen LogP contribution in [0.3, 0.4) is 0 Å². The van der Waals surface area contributed by atoms with Gasteiger partial charge in [0.1, 0.15) is 0 Å². The highest BCUT2D eigenvalue weighted by molar-refractivity contribution is 7.86. The van der Waals surface area contributed by atoms with Gasteiger partial charge >= 0.3 is 15.6 Å². The molecule has 0 radical (unpaired) electrons. The van der Waals surface area contributed by atoms with E-state index in [-0.39, 0.29) is 25.4 Å². The molecule has 13 heteroatoms. The predicted molar refractivity (Wildman–Crippen MR) is 66.9 cm³/mol. The van der Waals surface area contributed by atoms with Gasteiger partial charge in [-0.15, -0.1) is 0 Å². The topological polar surface area (TPSA) is 67.3 Å². The maximum atomic E-state index is 10.7. The molecule has 0 unspecified atom stereocenters. The Morgan fingerprint density at radius 3 is 1.37 bits per heavy atom. The summed E-state index contributed by atoms with van der Waals surface area (Å²) < 4.78 is 57.5. The van der Waals surface area contributed by atoms with Gasteiger partial charge in [0.2, 0.25) is 0 Å². The zero-order chi connectivity index (χ0) is 15.6. The molecule has 0 fully saturated rings. The molecule has 1 N–H and O–H groups in total. The van der Waals surface area contributed by atoms with E-state index < -0.39 is 15.6 Å². The van der Waals surface area contributed by atoms with Crippen molar-refractivity contribution in [2.75, 3.05) is 0 Å². The van der Waals surface area contributed by atoms with Gasteiger partial charge in [-0.25, -0.2) is 4.98 Å². The second-order valence-corrected chi connectivity index (χ2v) is 5.82. The summed E-state index contributed by atoms with van der Waals surface area (Å²) in [6, 6.07) is 0. The van der Waals surface area contributed by atoms with E-state index in [0.29, 0.717) is 0 Å². The van der Waals surface area contributed by atoms with E-state index in [1.54, 1.807) is 0 Å². The van der Waals surface area contributed by atoms with Gasteiger partial charge in [0.25, 0.3) is 0 Å². The Morgan fingerprint density at radius 2 is 1.16 bits per heavy atom. The number of hydrogen-bond donors (Lipinski definition) is 1. The first-order chi connectivity index (χ1) is 8.29. The molecule has 0 aliphatic rings. The largest absolute Gasteiger partial charge is 0.522 e. The summed E-state index contributed by atoms with van der Waals surface area (Å²) in [6.45, 7) is 0. The third-order valence-corrected chi connectivity index (χ3v) is 3.87. The molecular weight excluding hydrogens is 400 g/mol. The van der Waals surface area contributed by atoms with E-state index in [9.17, 15) is 13.2 Å². The Hall–Kier alpha value is 0.300. The molecule has 0 aliphatic heterocycles. The van der Waals surface area contributed by atoms with Crippen molar-refractivity contribution in [3.8, 4) is 0 Å². The Bertz CT molecular complexity index is 550. The van der Waals surface area contributed by atoms with Crippen molar-refractivity contribution in [1.82, 2.24) is 4.98 Å². The second-order valence-electron chi connectivity index (χ2n) is 2.56. The Balaban J connectivity index is 0.000000362. The summed E-state index contributed by atoms with van der Waals surface area (Å²) in [6.07, 6.45) is 0. The summed E-state index contributed by atoms with van der Waals surface area (Å²) >= 11 is 27.8. The minimum Gasteiger partial charge on any atom is -0.279 e. The van der Waals surface area contributed by atoms with Crippen LogP contribution < -0.4 is 0 Å². The van der Waals surface area contributed by atoms with Crippen LogP contribution in [-0.4, -0.2) is 23.5 Å². The minimum atomic E-state index is -5.84. The molecule has 1 aromatic heterocycles. The summed E-state index contributed by atoms with van der Waals surface area (Å²) in [7, 11) is -5.84. The first-order valence-corrected chi connectivity index (χ1v) is 7.01. The van der Waals surface area contributed by atoms with Gasteiger partial charge in [-0.1, -0.05) is 58.0 Å². The predicted octanol–water partition coefficient (Wildman–Crippen LogP) is 4.74. The first-order valence-electron chi connectivity index (χ1n) is 3.68. The molecule has 0 saturated heterocycles. The normalized spacial score (nSPS) is 11.8. The molecule has 110 valence electrons. The number of alkyl halides is 3. The maximum Gasteiger partial charge on any atom is 0.522 e. The molecule has 1 aromatic rings. The molecule has 1 rings (SSSR count). The number of nitrogens with zero attached hydrogens (tertiary/aromatic N) is 1. The van der Waals surface area contributed by atoms with Gasteiger partial charge in [-0.3, -0.25) is 4.55 Å². The highest BCUT2D eigenvalue weighted by Gasteiger charge is 2.44. The van der Waals surface area contributed by atoms with Crippen LogP contribution in [0.15, 0.2) is 0 Å². The van der Waals surface area contributed by atoms with Gasteiger partial charge in [0.05, 0.1) is 15.1 Å². The van der Waals surface area contributed by atoms with Gasteiger partial charge in [0.15, 0.2) is 10.3 Å². The average Bonchev–Trinajstić information content (AvgIpc) is 2.22. The standard InChI is InChI=1S/C5Cl5N.CHF3O3S/c6-1-2(7)4(9)11-5(10)3(1)8;2-1(3,4)8(5,6)7/h;(H,5,6,7). The fraction of sp³-hybridized carbons (Fsp3) is 0.167. The van der Waals surface area contributed by atoms with Gasteiger partial charge in [-0.2, -0.15) is 21.6 Å². The summed E-state index contributed by atoms with van der Waals surface area (Å²) in [5, 5.41) is 0.445. The lowest BCUT2D eigenvalue weighted by Crippen LogP contribution is -2.21. The van der Waals surface area contributed by atoms with Gasteiger partial charge in [-0.05, 0) is 0 Å². The van der Waals surface area contributed by atoms with Crippen molar-refractivity contribution >= 4 is 68.1 Å². The number of rotatable bonds is 0. The summed E-state index contributed by atoms with van der Waals surface area (Å²) in [4.78, 5) is 3.62. The summed E-state index contributed by atoms with van der Waals surface area (Å²) in [5.41, 5.74) is -5.53. The molecule has 0 aromatic carbocycles. The quantitative estimate of drug-likeness (QED) is 0.387. The molecule has 0 atom stereocenters. The highest BCUT2D eigenvalue weighted by atomic mass is 35.5. The Labute approximate surface area is 130 Å². The Morgan fingerprint density at radius 1 is 0.895 bits per heavy atom. The molecule has 1 heterocycles. The molecule has 4 nitrogen and oxygen atoms in total. The van der Waals surface area contributed by atoms with Crippen molar-refractivity contribution in [1.29, 1.82) is 0 Å². The van der Waals surface area contributed by atoms with Crippen LogP contribution in [0.25, 0.3) is 0 Å². The molecule has 19 heavy (non-hydrogen) atoms. The number of aromatic nitrogens is 1. The SMILES string of the molecule is Clc1nc(Cl)c(Cl)c(Cl)c1Cl.O=S(=O)(O)C(F)(F)F. The third-order valence-electron chi connectivity index (χ3n) is 1.24. The fourth-order valence-corrected chi connectivity index (χ4v) is 1.46. The van der Waals surface area contributed by atoms with E-state index in [1.165, 1.54) is 0 Å². The minimum absolute atomic E-state index is 0.0473. The van der Waals surface area contributed by atoms with Crippen molar-refractivity contribution in [2.45, 2.75) is 5.51 Å². The van der Waals surface area contributed by atoms with E-state index in [0.717, 1.165) is 0 Å². The van der Waals surface area contributed by atoms with Crippen LogP contribution in [0.4, 0.5) is 13.2 Å². The van der Waals surface area contributed by atoms with Crippen molar-refractivity contribution < 1.29 is 26.1 Å². The van der Waals surface area contributed by atoms with E-state index in [4.69, 9.17) is 71.0 Å².